The van der Waals surface area contributed by atoms with Gasteiger partial charge in [0.2, 0.25) is 11.8 Å². The quantitative estimate of drug-likeness (QED) is 0.788. The number of hydrogen-bond acceptors (Lipinski definition) is 5. The van der Waals surface area contributed by atoms with Crippen molar-refractivity contribution >= 4 is 34.5 Å². The standard InChI is InChI=1S/C22H27N3O3S/c1-16-12-21(26)23-19-8-2-3-9-20(19)25(16)22(27)15-24(13-17-6-4-10-28-17)14-18-7-5-11-29-18/h2-3,5,7-9,11,16-17H,4,6,10,12-15H2,1H3,(H,23,26). The van der Waals surface area contributed by atoms with Gasteiger partial charge in [-0.1, -0.05) is 18.2 Å². The van der Waals surface area contributed by atoms with E-state index in [0.717, 1.165) is 38.2 Å². The van der Waals surface area contributed by atoms with E-state index in [0.29, 0.717) is 12.2 Å². The maximum atomic E-state index is 13.5. The molecule has 0 radical (unpaired) electrons. The van der Waals surface area contributed by atoms with E-state index in [4.69, 9.17) is 4.74 Å². The maximum Gasteiger partial charge on any atom is 0.241 e. The molecule has 2 aliphatic rings. The fourth-order valence-corrected chi connectivity index (χ4v) is 4.87. The second-order valence-corrected chi connectivity index (χ2v) is 8.80. The molecule has 0 saturated carbocycles. The van der Waals surface area contributed by atoms with Gasteiger partial charge in [-0.25, -0.2) is 0 Å². The lowest BCUT2D eigenvalue weighted by Crippen LogP contribution is -2.46. The Bertz CT molecular complexity index is 849. The summed E-state index contributed by atoms with van der Waals surface area (Å²) >= 11 is 1.70. The highest BCUT2D eigenvalue weighted by Gasteiger charge is 2.31. The number of carbonyl (C=O) groups is 2. The zero-order chi connectivity index (χ0) is 20.2. The van der Waals surface area contributed by atoms with Crippen LogP contribution >= 0.6 is 11.3 Å². The van der Waals surface area contributed by atoms with Gasteiger partial charge >= 0.3 is 0 Å². The molecule has 2 amide bonds. The van der Waals surface area contributed by atoms with Gasteiger partial charge in [-0.3, -0.25) is 14.5 Å². The van der Waals surface area contributed by atoms with Crippen molar-refractivity contribution < 1.29 is 14.3 Å². The molecule has 1 aromatic carbocycles. The molecule has 154 valence electrons. The van der Waals surface area contributed by atoms with Crippen LogP contribution in [0, 0.1) is 0 Å². The van der Waals surface area contributed by atoms with E-state index in [1.807, 2.05) is 37.3 Å². The maximum absolute atomic E-state index is 13.5. The Kier molecular flexibility index (Phi) is 6.28. The van der Waals surface area contributed by atoms with Crippen molar-refractivity contribution in [1.82, 2.24) is 4.90 Å². The number of benzene rings is 1. The van der Waals surface area contributed by atoms with Crippen LogP contribution in [0.25, 0.3) is 0 Å². The van der Waals surface area contributed by atoms with Crippen LogP contribution in [0.5, 0.6) is 0 Å². The van der Waals surface area contributed by atoms with Gasteiger partial charge in [-0.2, -0.15) is 0 Å². The van der Waals surface area contributed by atoms with Gasteiger partial charge < -0.3 is 15.0 Å². The second-order valence-electron chi connectivity index (χ2n) is 7.77. The first-order chi connectivity index (χ1) is 14.1. The van der Waals surface area contributed by atoms with Crippen molar-refractivity contribution in [1.29, 1.82) is 0 Å². The van der Waals surface area contributed by atoms with Gasteiger partial charge in [0, 0.05) is 37.0 Å². The number of para-hydroxylation sites is 2. The van der Waals surface area contributed by atoms with Crippen LogP contribution in [-0.4, -0.2) is 48.6 Å². The number of anilines is 2. The molecular weight excluding hydrogens is 386 g/mol. The number of fused-ring (bicyclic) bond motifs is 1. The van der Waals surface area contributed by atoms with Crippen molar-refractivity contribution in [2.24, 2.45) is 0 Å². The molecule has 2 unspecified atom stereocenters. The number of ether oxygens (including phenoxy) is 1. The van der Waals surface area contributed by atoms with Crippen molar-refractivity contribution in [2.75, 3.05) is 29.9 Å². The van der Waals surface area contributed by atoms with Gasteiger partial charge in [0.05, 0.1) is 24.0 Å². The van der Waals surface area contributed by atoms with Crippen LogP contribution in [0.2, 0.25) is 0 Å². The van der Waals surface area contributed by atoms with Crippen LogP contribution in [0.3, 0.4) is 0 Å². The van der Waals surface area contributed by atoms with E-state index in [1.54, 1.807) is 16.2 Å². The predicted octanol–water partition coefficient (Wildman–Crippen LogP) is 3.49. The molecule has 2 atom stereocenters. The first-order valence-corrected chi connectivity index (χ1v) is 11.1. The molecule has 7 heteroatoms. The zero-order valence-electron chi connectivity index (χ0n) is 16.7. The Morgan fingerprint density at radius 2 is 2.17 bits per heavy atom. The second kappa shape index (κ2) is 9.07. The van der Waals surface area contributed by atoms with Gasteiger partial charge in [-0.15, -0.1) is 11.3 Å². The van der Waals surface area contributed by atoms with E-state index in [9.17, 15) is 9.59 Å². The Hall–Kier alpha value is -2.22. The summed E-state index contributed by atoms with van der Waals surface area (Å²) in [6, 6.07) is 11.5. The third-order valence-electron chi connectivity index (χ3n) is 5.43. The van der Waals surface area contributed by atoms with Crippen LogP contribution in [0.4, 0.5) is 11.4 Å². The minimum absolute atomic E-state index is 0.0102. The van der Waals surface area contributed by atoms with E-state index in [-0.39, 0.29) is 30.4 Å². The molecular formula is C22H27N3O3S. The van der Waals surface area contributed by atoms with Crippen molar-refractivity contribution in [2.45, 2.75) is 44.9 Å². The van der Waals surface area contributed by atoms with E-state index < -0.39 is 0 Å². The molecule has 4 rings (SSSR count). The summed E-state index contributed by atoms with van der Waals surface area (Å²) in [5.74, 6) is -0.0500. The first-order valence-electron chi connectivity index (χ1n) is 10.2. The molecule has 1 N–H and O–H groups in total. The molecule has 0 bridgehead atoms. The average molecular weight is 414 g/mol. The normalized spacial score (nSPS) is 21.7. The van der Waals surface area contributed by atoms with E-state index >= 15 is 0 Å². The van der Waals surface area contributed by atoms with Crippen LogP contribution < -0.4 is 10.2 Å². The molecule has 29 heavy (non-hydrogen) atoms. The van der Waals surface area contributed by atoms with Crippen molar-refractivity contribution in [3.05, 3.63) is 46.7 Å². The molecule has 1 fully saturated rings. The molecule has 6 nitrogen and oxygen atoms in total. The zero-order valence-corrected chi connectivity index (χ0v) is 17.5. The number of carbonyl (C=O) groups excluding carboxylic acids is 2. The number of rotatable bonds is 6. The third kappa shape index (κ3) is 4.86. The Morgan fingerprint density at radius 3 is 2.93 bits per heavy atom. The minimum atomic E-state index is -0.197. The molecule has 1 aromatic heterocycles. The fourth-order valence-electron chi connectivity index (χ4n) is 4.12. The summed E-state index contributed by atoms with van der Waals surface area (Å²) in [5, 5.41) is 4.98. The number of amides is 2. The van der Waals surface area contributed by atoms with E-state index in [1.165, 1.54) is 4.88 Å². The number of thiophene rings is 1. The average Bonchev–Trinajstić information content (AvgIpc) is 3.35. The Labute approximate surface area is 175 Å². The summed E-state index contributed by atoms with van der Waals surface area (Å²) in [6.07, 6.45) is 2.59. The molecule has 0 aliphatic carbocycles. The number of nitrogens with zero attached hydrogens (tertiary/aromatic N) is 2. The van der Waals surface area contributed by atoms with Gasteiger partial charge in [0.25, 0.3) is 0 Å². The summed E-state index contributed by atoms with van der Waals surface area (Å²) in [6.45, 7) is 4.50. The lowest BCUT2D eigenvalue weighted by molar-refractivity contribution is -0.120. The monoisotopic (exact) mass is 413 g/mol. The van der Waals surface area contributed by atoms with Crippen LogP contribution in [-0.2, 0) is 20.9 Å². The molecule has 0 spiro atoms. The lowest BCUT2D eigenvalue weighted by Gasteiger charge is -2.31. The topological polar surface area (TPSA) is 61.9 Å². The first kappa shape index (κ1) is 20.1. The molecule has 2 aromatic rings. The van der Waals surface area contributed by atoms with Gasteiger partial charge in [-0.05, 0) is 43.3 Å². The highest BCUT2D eigenvalue weighted by molar-refractivity contribution is 7.09. The molecule has 1 saturated heterocycles. The minimum Gasteiger partial charge on any atom is -0.377 e. The van der Waals surface area contributed by atoms with Crippen LogP contribution in [0.1, 0.15) is 31.1 Å². The fraction of sp³-hybridized carbons (Fsp3) is 0.455. The summed E-state index contributed by atoms with van der Waals surface area (Å²) in [4.78, 5) is 30.9. The largest absolute Gasteiger partial charge is 0.377 e. The van der Waals surface area contributed by atoms with Gasteiger partial charge in [0.1, 0.15) is 0 Å². The smallest absolute Gasteiger partial charge is 0.241 e. The van der Waals surface area contributed by atoms with Gasteiger partial charge in [0.15, 0.2) is 0 Å². The summed E-state index contributed by atoms with van der Waals surface area (Å²) < 4.78 is 5.82. The highest BCUT2D eigenvalue weighted by atomic mass is 32.1. The van der Waals surface area contributed by atoms with Crippen molar-refractivity contribution in [3.63, 3.8) is 0 Å². The van der Waals surface area contributed by atoms with Crippen molar-refractivity contribution in [3.8, 4) is 0 Å². The summed E-state index contributed by atoms with van der Waals surface area (Å²) in [5.41, 5.74) is 1.46. The summed E-state index contributed by atoms with van der Waals surface area (Å²) in [7, 11) is 0. The molecule has 3 heterocycles. The van der Waals surface area contributed by atoms with E-state index in [2.05, 4.69) is 21.7 Å². The number of nitrogens with one attached hydrogen (secondary N) is 1. The Morgan fingerprint density at radius 1 is 1.31 bits per heavy atom. The predicted molar refractivity (Wildman–Crippen MR) is 115 cm³/mol. The number of hydrogen-bond donors (Lipinski definition) is 1. The Balaban J connectivity index is 1.54. The lowest BCUT2D eigenvalue weighted by atomic mass is 10.1. The highest BCUT2D eigenvalue weighted by Crippen LogP contribution is 2.31. The molecule has 2 aliphatic heterocycles. The SMILES string of the molecule is CC1CC(=O)Nc2ccccc2N1C(=O)CN(Cc1cccs1)CC1CCCO1. The third-order valence-corrected chi connectivity index (χ3v) is 6.29. The van der Waals surface area contributed by atoms with Crippen LogP contribution in [0.15, 0.2) is 41.8 Å².